The molecule has 0 bridgehead atoms. The van der Waals surface area contributed by atoms with E-state index in [1.54, 1.807) is 19.0 Å². The molecular weight excluding hydrogens is 465 g/mol. The molecule has 1 heterocycles. The van der Waals surface area contributed by atoms with Crippen LogP contribution in [0.25, 0.3) is 0 Å². The van der Waals surface area contributed by atoms with Crippen molar-refractivity contribution in [1.82, 2.24) is 15.1 Å². The number of aliphatic imine (C=N–C) groups is 1. The minimum atomic E-state index is 0. The average molecular weight is 494 g/mol. The number of benzene rings is 1. The van der Waals surface area contributed by atoms with Crippen molar-refractivity contribution >= 4 is 53.1 Å². The number of carbonyl (C=O) groups is 1. The van der Waals surface area contributed by atoms with E-state index in [0.717, 1.165) is 49.4 Å². The summed E-state index contributed by atoms with van der Waals surface area (Å²) in [6.45, 7) is 6.91. The number of rotatable bonds is 5. The maximum atomic E-state index is 11.7. The summed E-state index contributed by atoms with van der Waals surface area (Å²) >= 11 is 6.30. The molecule has 8 heteroatoms. The van der Waals surface area contributed by atoms with Gasteiger partial charge in [-0.3, -0.25) is 9.79 Å². The van der Waals surface area contributed by atoms with E-state index < -0.39 is 0 Å². The summed E-state index contributed by atoms with van der Waals surface area (Å²) in [7, 11) is 3.54. The smallest absolute Gasteiger partial charge is 0.223 e. The third-order valence-corrected chi connectivity index (χ3v) is 4.51. The van der Waals surface area contributed by atoms with Gasteiger partial charge in [-0.25, -0.2) is 0 Å². The van der Waals surface area contributed by atoms with E-state index in [-0.39, 0.29) is 29.9 Å². The van der Waals surface area contributed by atoms with Crippen LogP contribution in [-0.2, 0) is 4.79 Å². The highest BCUT2D eigenvalue weighted by molar-refractivity contribution is 14.0. The zero-order valence-electron chi connectivity index (χ0n) is 15.7. The highest BCUT2D eigenvalue weighted by Gasteiger charge is 2.21. The van der Waals surface area contributed by atoms with Crippen molar-refractivity contribution in [2.75, 3.05) is 58.3 Å². The summed E-state index contributed by atoms with van der Waals surface area (Å²) in [6.07, 6.45) is 0.432. The molecule has 146 valence electrons. The van der Waals surface area contributed by atoms with Gasteiger partial charge in [0, 0.05) is 53.2 Å². The Balaban J connectivity index is 0.00000338. The van der Waals surface area contributed by atoms with Crippen LogP contribution in [0.15, 0.2) is 29.3 Å². The molecular formula is C18H29ClIN5O. The molecule has 0 saturated carbocycles. The van der Waals surface area contributed by atoms with Crippen LogP contribution < -0.4 is 10.2 Å². The Kier molecular flexibility index (Phi) is 10.1. The monoisotopic (exact) mass is 493 g/mol. The fourth-order valence-electron chi connectivity index (χ4n) is 2.77. The van der Waals surface area contributed by atoms with E-state index in [2.05, 4.69) is 33.1 Å². The van der Waals surface area contributed by atoms with Crippen LogP contribution in [0.5, 0.6) is 0 Å². The van der Waals surface area contributed by atoms with Gasteiger partial charge in [0.05, 0.1) is 17.3 Å². The normalized spacial score (nSPS) is 14.7. The molecule has 1 fully saturated rings. The lowest BCUT2D eigenvalue weighted by atomic mass is 10.2. The number of guanidine groups is 1. The molecule has 0 aliphatic carbocycles. The molecule has 0 unspecified atom stereocenters. The van der Waals surface area contributed by atoms with E-state index in [4.69, 9.17) is 11.6 Å². The number of piperazine rings is 1. The van der Waals surface area contributed by atoms with Crippen molar-refractivity contribution in [1.29, 1.82) is 0 Å². The van der Waals surface area contributed by atoms with Crippen molar-refractivity contribution < 1.29 is 4.79 Å². The fraction of sp³-hybridized carbons (Fsp3) is 0.556. The molecule has 1 amide bonds. The van der Waals surface area contributed by atoms with Crippen LogP contribution in [-0.4, -0.2) is 75.0 Å². The van der Waals surface area contributed by atoms with Crippen molar-refractivity contribution in [2.24, 2.45) is 4.99 Å². The quantitative estimate of drug-likeness (QED) is 0.389. The molecule has 1 aliphatic heterocycles. The van der Waals surface area contributed by atoms with Crippen molar-refractivity contribution in [2.45, 2.75) is 13.3 Å². The minimum Gasteiger partial charge on any atom is -0.367 e. The third-order valence-electron chi connectivity index (χ3n) is 4.19. The van der Waals surface area contributed by atoms with Gasteiger partial charge in [-0.2, -0.15) is 0 Å². The van der Waals surface area contributed by atoms with Crippen LogP contribution >= 0.6 is 35.6 Å². The summed E-state index contributed by atoms with van der Waals surface area (Å²) in [6, 6.07) is 7.95. The summed E-state index contributed by atoms with van der Waals surface area (Å²) in [5.74, 6) is 0.982. The summed E-state index contributed by atoms with van der Waals surface area (Å²) < 4.78 is 0. The second kappa shape index (κ2) is 11.5. The van der Waals surface area contributed by atoms with Gasteiger partial charge < -0.3 is 20.0 Å². The van der Waals surface area contributed by atoms with E-state index in [1.165, 1.54) is 0 Å². The van der Waals surface area contributed by atoms with Crippen LogP contribution in [0, 0.1) is 0 Å². The van der Waals surface area contributed by atoms with Crippen molar-refractivity contribution in [3.63, 3.8) is 0 Å². The highest BCUT2D eigenvalue weighted by Crippen LogP contribution is 2.25. The zero-order valence-corrected chi connectivity index (χ0v) is 18.8. The second-order valence-corrected chi connectivity index (χ2v) is 6.61. The molecule has 6 nitrogen and oxygen atoms in total. The van der Waals surface area contributed by atoms with Gasteiger partial charge in [-0.05, 0) is 19.1 Å². The Morgan fingerprint density at radius 2 is 1.88 bits per heavy atom. The lowest BCUT2D eigenvalue weighted by Crippen LogP contribution is -2.52. The fourth-order valence-corrected chi connectivity index (χ4v) is 3.03. The number of nitrogens with one attached hydrogen (secondary N) is 1. The largest absolute Gasteiger partial charge is 0.367 e. The van der Waals surface area contributed by atoms with Gasteiger partial charge in [0.2, 0.25) is 5.91 Å². The summed E-state index contributed by atoms with van der Waals surface area (Å²) in [5.41, 5.74) is 1.09. The van der Waals surface area contributed by atoms with Crippen LogP contribution in [0.2, 0.25) is 5.02 Å². The molecule has 1 aromatic carbocycles. The average Bonchev–Trinajstić information content (AvgIpc) is 2.61. The number of nitrogens with zero attached hydrogens (tertiary/aromatic N) is 4. The Labute approximate surface area is 178 Å². The van der Waals surface area contributed by atoms with Gasteiger partial charge in [0.15, 0.2) is 5.96 Å². The molecule has 1 aliphatic rings. The van der Waals surface area contributed by atoms with Crippen LogP contribution in [0.3, 0.4) is 0 Å². The van der Waals surface area contributed by atoms with Gasteiger partial charge in [0.25, 0.3) is 0 Å². The maximum Gasteiger partial charge on any atom is 0.223 e. The van der Waals surface area contributed by atoms with Gasteiger partial charge in [-0.15, -0.1) is 24.0 Å². The molecule has 1 saturated heterocycles. The van der Waals surface area contributed by atoms with Crippen molar-refractivity contribution in [3.8, 4) is 0 Å². The Morgan fingerprint density at radius 1 is 1.23 bits per heavy atom. The number of hydrogen-bond acceptors (Lipinski definition) is 3. The molecule has 0 spiro atoms. The molecule has 1 aromatic rings. The lowest BCUT2D eigenvalue weighted by molar-refractivity contribution is -0.128. The predicted octanol–water partition coefficient (Wildman–Crippen LogP) is 2.52. The molecule has 0 atom stereocenters. The number of amides is 1. The predicted molar refractivity (Wildman–Crippen MR) is 120 cm³/mol. The Hall–Kier alpha value is -1.22. The third kappa shape index (κ3) is 6.50. The summed E-state index contributed by atoms with van der Waals surface area (Å²) in [5, 5.41) is 4.12. The number of carbonyl (C=O) groups excluding carboxylic acids is 1. The van der Waals surface area contributed by atoms with Crippen LogP contribution in [0.1, 0.15) is 13.3 Å². The standard InChI is InChI=1S/C18H28ClN5O.HI/c1-4-20-18(21-10-9-17(25)22(2)3)24-13-11-23(12-14-24)16-8-6-5-7-15(16)19;/h5-8H,4,9-14H2,1-3H3,(H,20,21);1H. The van der Waals surface area contributed by atoms with Gasteiger partial charge >= 0.3 is 0 Å². The number of para-hydroxylation sites is 1. The first-order chi connectivity index (χ1) is 12.0. The Bertz CT molecular complexity index is 603. The highest BCUT2D eigenvalue weighted by atomic mass is 127. The number of halogens is 2. The van der Waals surface area contributed by atoms with E-state index >= 15 is 0 Å². The zero-order chi connectivity index (χ0) is 18.2. The van der Waals surface area contributed by atoms with Crippen LogP contribution in [0.4, 0.5) is 5.69 Å². The van der Waals surface area contributed by atoms with E-state index in [1.807, 2.05) is 18.2 Å². The minimum absolute atomic E-state index is 0. The molecule has 0 radical (unpaired) electrons. The first kappa shape index (κ1) is 22.8. The number of hydrogen-bond donors (Lipinski definition) is 1. The van der Waals surface area contributed by atoms with Gasteiger partial charge in [-0.1, -0.05) is 23.7 Å². The Morgan fingerprint density at radius 3 is 2.46 bits per heavy atom. The molecule has 2 rings (SSSR count). The van der Waals surface area contributed by atoms with E-state index in [0.29, 0.717) is 13.0 Å². The number of anilines is 1. The van der Waals surface area contributed by atoms with E-state index in [9.17, 15) is 4.79 Å². The van der Waals surface area contributed by atoms with Gasteiger partial charge in [0.1, 0.15) is 0 Å². The lowest BCUT2D eigenvalue weighted by Gasteiger charge is -2.38. The second-order valence-electron chi connectivity index (χ2n) is 6.20. The molecule has 0 aromatic heterocycles. The first-order valence-corrected chi connectivity index (χ1v) is 9.13. The van der Waals surface area contributed by atoms with Crippen molar-refractivity contribution in [3.05, 3.63) is 29.3 Å². The topological polar surface area (TPSA) is 51.2 Å². The first-order valence-electron chi connectivity index (χ1n) is 8.75. The SMILES string of the molecule is CCNC(=NCCC(=O)N(C)C)N1CCN(c2ccccc2Cl)CC1.I. The maximum absolute atomic E-state index is 11.7. The molecule has 26 heavy (non-hydrogen) atoms. The molecule has 1 N–H and O–H groups in total. The summed E-state index contributed by atoms with van der Waals surface area (Å²) in [4.78, 5) is 22.5.